The number of oxazole rings is 1. The summed E-state index contributed by atoms with van der Waals surface area (Å²) in [7, 11) is 2.15. The first kappa shape index (κ1) is 11.3. The largest absolute Gasteiger partial charge is 0.423 e. The summed E-state index contributed by atoms with van der Waals surface area (Å²) in [6, 6.07) is 6.78. The lowest BCUT2D eigenvalue weighted by Gasteiger charge is -2.36. The maximum absolute atomic E-state index is 5.79. The minimum atomic E-state index is 0.513. The first-order chi connectivity index (χ1) is 8.63. The molecular formula is C13H18N4O. The highest BCUT2D eigenvalue weighted by molar-refractivity contribution is 5.78. The molecule has 1 unspecified atom stereocenters. The molecule has 0 bridgehead atoms. The van der Waals surface area contributed by atoms with Gasteiger partial charge in [-0.25, -0.2) is 0 Å². The van der Waals surface area contributed by atoms with Gasteiger partial charge in [-0.3, -0.25) is 0 Å². The molecule has 1 aromatic heterocycles. The van der Waals surface area contributed by atoms with Crippen LogP contribution in [0.15, 0.2) is 22.6 Å². The standard InChI is InChI=1S/C13H18N4O/c1-9-8-17(6-5-16(9)2)13-15-11-7-10(14)3-4-12(11)18-13/h3-4,7,9H,5-6,8,14H2,1-2H3. The molecule has 0 saturated carbocycles. The van der Waals surface area contributed by atoms with Crippen LogP contribution >= 0.6 is 0 Å². The van der Waals surface area contributed by atoms with E-state index in [0.717, 1.165) is 30.7 Å². The van der Waals surface area contributed by atoms with Crippen LogP contribution in [0.1, 0.15) is 6.92 Å². The molecule has 1 saturated heterocycles. The van der Waals surface area contributed by atoms with Gasteiger partial charge in [0.2, 0.25) is 0 Å². The Morgan fingerprint density at radius 3 is 3.00 bits per heavy atom. The molecule has 0 aliphatic carbocycles. The van der Waals surface area contributed by atoms with E-state index in [0.29, 0.717) is 17.7 Å². The molecule has 2 N–H and O–H groups in total. The van der Waals surface area contributed by atoms with E-state index in [1.165, 1.54) is 0 Å². The molecule has 2 heterocycles. The average molecular weight is 246 g/mol. The van der Waals surface area contributed by atoms with E-state index in [2.05, 4.69) is 28.8 Å². The summed E-state index contributed by atoms with van der Waals surface area (Å²) >= 11 is 0. The third-order valence-corrected chi connectivity index (χ3v) is 3.63. The van der Waals surface area contributed by atoms with Gasteiger partial charge in [-0.1, -0.05) is 0 Å². The van der Waals surface area contributed by atoms with E-state index < -0.39 is 0 Å². The van der Waals surface area contributed by atoms with Crippen LogP contribution in [0.3, 0.4) is 0 Å². The topological polar surface area (TPSA) is 58.5 Å². The highest BCUT2D eigenvalue weighted by Gasteiger charge is 2.24. The van der Waals surface area contributed by atoms with Gasteiger partial charge in [0.05, 0.1) is 0 Å². The predicted octanol–water partition coefficient (Wildman–Crippen LogP) is 1.55. The molecule has 5 heteroatoms. The van der Waals surface area contributed by atoms with Gasteiger partial charge >= 0.3 is 0 Å². The van der Waals surface area contributed by atoms with Gasteiger partial charge in [-0.15, -0.1) is 0 Å². The molecule has 1 aliphatic heterocycles. The van der Waals surface area contributed by atoms with Gasteiger partial charge in [0, 0.05) is 31.4 Å². The minimum absolute atomic E-state index is 0.513. The first-order valence-corrected chi connectivity index (χ1v) is 6.25. The van der Waals surface area contributed by atoms with E-state index >= 15 is 0 Å². The second-order valence-corrected chi connectivity index (χ2v) is 5.00. The Morgan fingerprint density at radius 2 is 2.22 bits per heavy atom. The van der Waals surface area contributed by atoms with Crippen LogP contribution in [-0.4, -0.2) is 42.6 Å². The summed E-state index contributed by atoms with van der Waals surface area (Å²) in [5.74, 6) is 0. The number of nitrogen functional groups attached to an aromatic ring is 1. The van der Waals surface area contributed by atoms with Crippen molar-refractivity contribution in [1.82, 2.24) is 9.88 Å². The van der Waals surface area contributed by atoms with Crippen LogP contribution in [0, 0.1) is 0 Å². The third-order valence-electron chi connectivity index (χ3n) is 3.63. The first-order valence-electron chi connectivity index (χ1n) is 6.25. The molecule has 2 aromatic rings. The Morgan fingerprint density at radius 1 is 1.39 bits per heavy atom. The summed E-state index contributed by atoms with van der Waals surface area (Å²) < 4.78 is 5.79. The summed E-state index contributed by atoms with van der Waals surface area (Å²) in [6.07, 6.45) is 0. The molecule has 1 aliphatic rings. The van der Waals surface area contributed by atoms with E-state index in [9.17, 15) is 0 Å². The molecule has 96 valence electrons. The summed E-state index contributed by atoms with van der Waals surface area (Å²) in [4.78, 5) is 9.06. The molecule has 1 fully saturated rings. The normalized spacial score (nSPS) is 21.7. The fourth-order valence-corrected chi connectivity index (χ4v) is 2.29. The van der Waals surface area contributed by atoms with Crippen molar-refractivity contribution in [3.05, 3.63) is 18.2 Å². The Bertz CT molecular complexity index is 565. The summed E-state index contributed by atoms with van der Waals surface area (Å²) in [5.41, 5.74) is 8.09. The zero-order valence-electron chi connectivity index (χ0n) is 10.8. The molecule has 0 amide bonds. The number of hydrogen-bond acceptors (Lipinski definition) is 5. The van der Waals surface area contributed by atoms with Crippen molar-refractivity contribution in [2.75, 3.05) is 37.3 Å². The van der Waals surface area contributed by atoms with Crippen molar-refractivity contribution in [1.29, 1.82) is 0 Å². The van der Waals surface area contributed by atoms with Gasteiger partial charge in [0.15, 0.2) is 5.58 Å². The Kier molecular flexibility index (Phi) is 2.63. The molecule has 18 heavy (non-hydrogen) atoms. The van der Waals surface area contributed by atoms with E-state index in [4.69, 9.17) is 10.2 Å². The zero-order valence-corrected chi connectivity index (χ0v) is 10.8. The minimum Gasteiger partial charge on any atom is -0.423 e. The Hall–Kier alpha value is -1.75. The predicted molar refractivity (Wildman–Crippen MR) is 72.7 cm³/mol. The molecule has 0 spiro atoms. The lowest BCUT2D eigenvalue weighted by Crippen LogP contribution is -2.50. The third kappa shape index (κ3) is 1.90. The quantitative estimate of drug-likeness (QED) is 0.774. The highest BCUT2D eigenvalue weighted by atomic mass is 16.4. The average Bonchev–Trinajstić information content (AvgIpc) is 2.75. The number of nitrogens with zero attached hydrogens (tertiary/aromatic N) is 3. The van der Waals surface area contributed by atoms with Crippen LogP contribution in [0.2, 0.25) is 0 Å². The van der Waals surface area contributed by atoms with Crippen molar-refractivity contribution in [2.45, 2.75) is 13.0 Å². The van der Waals surface area contributed by atoms with Crippen molar-refractivity contribution in [2.24, 2.45) is 0 Å². The molecule has 1 atom stereocenters. The van der Waals surface area contributed by atoms with Crippen LogP contribution in [0.4, 0.5) is 11.7 Å². The molecule has 1 aromatic carbocycles. The van der Waals surface area contributed by atoms with Crippen LogP contribution in [0.25, 0.3) is 11.1 Å². The van der Waals surface area contributed by atoms with E-state index in [1.54, 1.807) is 0 Å². The monoisotopic (exact) mass is 246 g/mol. The number of piperazine rings is 1. The fraction of sp³-hybridized carbons (Fsp3) is 0.462. The van der Waals surface area contributed by atoms with Gasteiger partial charge in [-0.05, 0) is 32.2 Å². The van der Waals surface area contributed by atoms with E-state index in [1.807, 2.05) is 18.2 Å². The number of likely N-dealkylation sites (N-methyl/N-ethyl adjacent to an activating group) is 1. The number of benzene rings is 1. The second kappa shape index (κ2) is 4.17. The van der Waals surface area contributed by atoms with Crippen LogP contribution in [-0.2, 0) is 0 Å². The molecule has 5 nitrogen and oxygen atoms in total. The number of aromatic nitrogens is 1. The van der Waals surface area contributed by atoms with E-state index in [-0.39, 0.29) is 0 Å². The number of rotatable bonds is 1. The van der Waals surface area contributed by atoms with Crippen molar-refractivity contribution >= 4 is 22.8 Å². The lowest BCUT2D eigenvalue weighted by molar-refractivity contribution is 0.229. The lowest BCUT2D eigenvalue weighted by atomic mass is 10.2. The Balaban J connectivity index is 1.90. The fourth-order valence-electron chi connectivity index (χ4n) is 2.29. The van der Waals surface area contributed by atoms with Crippen molar-refractivity contribution in [3.8, 4) is 0 Å². The van der Waals surface area contributed by atoms with Crippen molar-refractivity contribution in [3.63, 3.8) is 0 Å². The number of anilines is 2. The van der Waals surface area contributed by atoms with Gasteiger partial charge < -0.3 is 20.0 Å². The smallest absolute Gasteiger partial charge is 0.298 e. The van der Waals surface area contributed by atoms with Crippen molar-refractivity contribution < 1.29 is 4.42 Å². The molecular weight excluding hydrogens is 228 g/mol. The molecule has 3 rings (SSSR count). The van der Waals surface area contributed by atoms with Gasteiger partial charge in [-0.2, -0.15) is 4.98 Å². The zero-order chi connectivity index (χ0) is 12.7. The maximum Gasteiger partial charge on any atom is 0.298 e. The SMILES string of the molecule is CC1CN(c2nc3cc(N)ccc3o2)CCN1C. The maximum atomic E-state index is 5.79. The summed E-state index contributed by atoms with van der Waals surface area (Å²) in [5, 5.41) is 0. The van der Waals surface area contributed by atoms with Gasteiger partial charge in [0.1, 0.15) is 5.52 Å². The molecule has 0 radical (unpaired) electrons. The van der Waals surface area contributed by atoms with Gasteiger partial charge in [0.25, 0.3) is 6.01 Å². The number of fused-ring (bicyclic) bond motifs is 1. The number of hydrogen-bond donors (Lipinski definition) is 1. The number of nitrogens with two attached hydrogens (primary N) is 1. The summed E-state index contributed by atoms with van der Waals surface area (Å²) in [6.45, 7) is 5.14. The Labute approximate surface area is 106 Å². The second-order valence-electron chi connectivity index (χ2n) is 5.00. The van der Waals surface area contributed by atoms with Crippen LogP contribution < -0.4 is 10.6 Å². The highest BCUT2D eigenvalue weighted by Crippen LogP contribution is 2.25. The van der Waals surface area contributed by atoms with Crippen LogP contribution in [0.5, 0.6) is 0 Å².